The fourth-order valence-electron chi connectivity index (χ4n) is 4.00. The molecule has 0 atom stereocenters. The number of nitriles is 1. The topological polar surface area (TPSA) is 127 Å². The lowest BCUT2D eigenvalue weighted by Gasteiger charge is -2.47. The van der Waals surface area contributed by atoms with Crippen LogP contribution in [0.15, 0.2) is 43.2 Å². The van der Waals surface area contributed by atoms with Crippen molar-refractivity contribution >= 4 is 15.7 Å². The van der Waals surface area contributed by atoms with Gasteiger partial charge in [-0.05, 0) is 6.92 Å². The van der Waals surface area contributed by atoms with E-state index in [0.717, 1.165) is 22.5 Å². The number of hydrogen-bond donors (Lipinski definition) is 0. The molecule has 0 N–H and O–H groups in total. The monoisotopic (exact) mass is 451 g/mol. The van der Waals surface area contributed by atoms with Gasteiger partial charge >= 0.3 is 0 Å². The van der Waals surface area contributed by atoms with Crippen molar-refractivity contribution in [2.75, 3.05) is 18.8 Å². The first kappa shape index (κ1) is 20.3. The first-order valence-corrected chi connectivity index (χ1v) is 11.7. The van der Waals surface area contributed by atoms with Gasteiger partial charge < -0.3 is 0 Å². The molecular weight excluding hydrogens is 430 g/mol. The third kappa shape index (κ3) is 3.17. The third-order valence-electron chi connectivity index (χ3n) is 5.82. The third-order valence-corrected chi connectivity index (χ3v) is 7.60. The molecule has 5 rings (SSSR count). The average Bonchev–Trinajstić information content (AvgIpc) is 3.49. The summed E-state index contributed by atoms with van der Waals surface area (Å²) in [6.07, 6.45) is 10.8. The smallest absolute Gasteiger partial charge is 0.213 e. The van der Waals surface area contributed by atoms with Gasteiger partial charge in [0.15, 0.2) is 0 Å². The highest BCUT2D eigenvalue weighted by molar-refractivity contribution is 7.89. The summed E-state index contributed by atoms with van der Waals surface area (Å²) in [5.41, 5.74) is 2.39. The maximum atomic E-state index is 12.2. The minimum absolute atomic E-state index is 0.0314. The predicted molar refractivity (Wildman–Crippen MR) is 116 cm³/mol. The second kappa shape index (κ2) is 7.25. The number of rotatable bonds is 6. The molecule has 0 amide bonds. The van der Waals surface area contributed by atoms with Crippen molar-refractivity contribution in [2.24, 2.45) is 7.05 Å². The summed E-state index contributed by atoms with van der Waals surface area (Å²) in [6, 6.07) is 4.07. The molecule has 1 saturated heterocycles. The lowest BCUT2D eigenvalue weighted by atomic mass is 9.89. The Morgan fingerprint density at radius 2 is 1.97 bits per heavy atom. The Labute approximate surface area is 184 Å². The van der Waals surface area contributed by atoms with E-state index in [1.54, 1.807) is 34.9 Å². The van der Waals surface area contributed by atoms with Crippen molar-refractivity contribution in [1.82, 2.24) is 38.2 Å². The molecule has 1 fully saturated rings. The van der Waals surface area contributed by atoms with Crippen molar-refractivity contribution < 1.29 is 8.42 Å². The molecule has 5 heterocycles. The van der Waals surface area contributed by atoms with Crippen molar-refractivity contribution in [3.8, 4) is 28.7 Å². The van der Waals surface area contributed by atoms with E-state index in [1.807, 2.05) is 36.1 Å². The summed E-state index contributed by atoms with van der Waals surface area (Å²) in [6.45, 7) is 2.06. The van der Waals surface area contributed by atoms with Gasteiger partial charge in [0.05, 0.1) is 41.9 Å². The predicted octanol–water partition coefficient (Wildman–Crippen LogP) is 1.27. The van der Waals surface area contributed by atoms with Crippen LogP contribution in [0.1, 0.15) is 13.3 Å². The molecule has 4 aromatic heterocycles. The van der Waals surface area contributed by atoms with Crippen LogP contribution in [0.4, 0.5) is 0 Å². The number of sulfonamides is 1. The van der Waals surface area contributed by atoms with Gasteiger partial charge in [0, 0.05) is 56.6 Å². The maximum absolute atomic E-state index is 12.2. The highest BCUT2D eigenvalue weighted by atomic mass is 32.2. The van der Waals surface area contributed by atoms with Gasteiger partial charge in [-0.2, -0.15) is 19.8 Å². The van der Waals surface area contributed by atoms with E-state index in [4.69, 9.17) is 4.98 Å². The van der Waals surface area contributed by atoms with Crippen LogP contribution in [0.3, 0.4) is 0 Å². The first-order chi connectivity index (χ1) is 15.3. The molecule has 0 bridgehead atoms. The van der Waals surface area contributed by atoms with Crippen molar-refractivity contribution in [3.05, 3.63) is 43.2 Å². The van der Waals surface area contributed by atoms with Gasteiger partial charge in [-0.3, -0.25) is 13.8 Å². The molecular formula is C20H21N9O2S. The Morgan fingerprint density at radius 3 is 2.66 bits per heavy atom. The van der Waals surface area contributed by atoms with E-state index < -0.39 is 15.6 Å². The van der Waals surface area contributed by atoms with Crippen LogP contribution >= 0.6 is 0 Å². The van der Waals surface area contributed by atoms with Crippen molar-refractivity contribution in [2.45, 2.75) is 18.9 Å². The second-order valence-corrected chi connectivity index (χ2v) is 10.2. The van der Waals surface area contributed by atoms with Crippen LogP contribution in [0.2, 0.25) is 0 Å². The Balaban J connectivity index is 1.55. The van der Waals surface area contributed by atoms with Crippen LogP contribution in [0, 0.1) is 11.3 Å². The molecule has 12 heteroatoms. The summed E-state index contributed by atoms with van der Waals surface area (Å²) in [4.78, 5) is 9.23. The molecule has 0 radical (unpaired) electrons. The summed E-state index contributed by atoms with van der Waals surface area (Å²) >= 11 is 0. The molecule has 0 aromatic carbocycles. The van der Waals surface area contributed by atoms with Crippen molar-refractivity contribution in [1.29, 1.82) is 5.26 Å². The van der Waals surface area contributed by atoms with Crippen LogP contribution in [0.25, 0.3) is 28.3 Å². The zero-order chi connectivity index (χ0) is 22.5. The van der Waals surface area contributed by atoms with Gasteiger partial charge in [-0.15, -0.1) is 0 Å². The highest BCUT2D eigenvalue weighted by Gasteiger charge is 2.49. The normalized spacial score (nSPS) is 16.2. The van der Waals surface area contributed by atoms with E-state index in [-0.39, 0.29) is 25.3 Å². The average molecular weight is 452 g/mol. The van der Waals surface area contributed by atoms with E-state index in [2.05, 4.69) is 21.3 Å². The number of imidazole rings is 1. The summed E-state index contributed by atoms with van der Waals surface area (Å²) in [7, 11) is -1.46. The number of nitrogens with zero attached hydrogens (tertiary/aromatic N) is 9. The molecule has 0 unspecified atom stereocenters. The van der Waals surface area contributed by atoms with Gasteiger partial charge in [0.1, 0.15) is 17.0 Å². The fraction of sp³-hybridized carbons (Fsp3) is 0.350. The summed E-state index contributed by atoms with van der Waals surface area (Å²) < 4.78 is 31.1. The Bertz CT molecular complexity index is 1450. The van der Waals surface area contributed by atoms with E-state index in [9.17, 15) is 13.7 Å². The lowest BCUT2D eigenvalue weighted by molar-refractivity contribution is 0.0719. The highest BCUT2D eigenvalue weighted by Crippen LogP contribution is 2.35. The van der Waals surface area contributed by atoms with Crippen LogP contribution in [0.5, 0.6) is 0 Å². The van der Waals surface area contributed by atoms with E-state index in [0.29, 0.717) is 5.82 Å². The fourth-order valence-corrected chi connectivity index (χ4v) is 5.24. The molecule has 0 saturated carbocycles. The van der Waals surface area contributed by atoms with Crippen LogP contribution < -0.4 is 0 Å². The Kier molecular flexibility index (Phi) is 4.61. The lowest BCUT2D eigenvalue weighted by Crippen LogP contribution is -2.64. The molecule has 0 aliphatic carbocycles. The molecule has 1 aliphatic heterocycles. The minimum atomic E-state index is -3.31. The standard InChI is InChI=1S/C20H21N9O2S/c1-3-32(30,31)27-13-20(14-27,4-5-21)29-12-16(10-24-29)19-25-17(15-9-23-26(2)11-15)8-18-22-6-7-28(18)19/h6-12H,3-4,13-14H2,1-2H3. The molecule has 1 aliphatic rings. The second-order valence-electron chi connectivity index (χ2n) is 7.92. The zero-order valence-electron chi connectivity index (χ0n) is 17.6. The van der Waals surface area contributed by atoms with E-state index in [1.165, 1.54) is 4.31 Å². The zero-order valence-corrected chi connectivity index (χ0v) is 18.4. The summed E-state index contributed by atoms with van der Waals surface area (Å²) in [5, 5.41) is 18.1. The summed E-state index contributed by atoms with van der Waals surface area (Å²) in [5.74, 6) is 0.679. The number of hydrogen-bond acceptors (Lipinski definition) is 7. The van der Waals surface area contributed by atoms with Crippen LogP contribution in [-0.4, -0.2) is 65.5 Å². The molecule has 0 spiro atoms. The minimum Gasteiger partial charge on any atom is -0.284 e. The number of aryl methyl sites for hydroxylation is 1. The molecule has 32 heavy (non-hydrogen) atoms. The quantitative estimate of drug-likeness (QED) is 0.432. The van der Waals surface area contributed by atoms with Crippen LogP contribution in [-0.2, 0) is 22.6 Å². The number of fused-ring (bicyclic) bond motifs is 1. The SMILES string of the molecule is CCS(=O)(=O)N1CC(CC#N)(n2cc(-c3nc(-c4cnn(C)c4)cc4nccn34)cn2)C1. The van der Waals surface area contributed by atoms with Gasteiger partial charge in [-0.25, -0.2) is 18.4 Å². The maximum Gasteiger partial charge on any atom is 0.213 e. The van der Waals surface area contributed by atoms with Crippen molar-refractivity contribution in [3.63, 3.8) is 0 Å². The Morgan fingerprint density at radius 1 is 1.19 bits per heavy atom. The van der Waals surface area contributed by atoms with Gasteiger partial charge in [-0.1, -0.05) is 0 Å². The van der Waals surface area contributed by atoms with E-state index >= 15 is 0 Å². The molecule has 4 aromatic rings. The van der Waals surface area contributed by atoms with Gasteiger partial charge in [0.2, 0.25) is 10.0 Å². The largest absolute Gasteiger partial charge is 0.284 e. The number of aromatic nitrogens is 7. The molecule has 164 valence electrons. The Hall–Kier alpha value is -3.56. The van der Waals surface area contributed by atoms with Gasteiger partial charge in [0.25, 0.3) is 0 Å². The first-order valence-electron chi connectivity index (χ1n) is 10.1. The molecule has 11 nitrogen and oxygen atoms in total.